The van der Waals surface area contributed by atoms with Gasteiger partial charge < -0.3 is 9.64 Å². The zero-order chi connectivity index (χ0) is 23.3. The standard InChI is InChI=1S/C28H47NO4/c30-26(23-16-11-7-5-6-8-12-17-23)22-33-28(32)25-20-15-21-29(25)27(31)24-18-13-9-3-1-2-4-10-14-19-24/h23-25H,1-22H2. The van der Waals surface area contributed by atoms with Crippen LogP contribution in [0.3, 0.4) is 0 Å². The molecule has 2 saturated carbocycles. The van der Waals surface area contributed by atoms with Crippen molar-refractivity contribution in [3.05, 3.63) is 0 Å². The van der Waals surface area contributed by atoms with Crippen molar-refractivity contribution in [3.63, 3.8) is 0 Å². The minimum absolute atomic E-state index is 0.0317. The summed E-state index contributed by atoms with van der Waals surface area (Å²) in [6.07, 6.45) is 22.2. The molecule has 1 unspecified atom stereocenters. The molecule has 3 fully saturated rings. The Labute approximate surface area is 201 Å². The highest BCUT2D eigenvalue weighted by atomic mass is 16.5. The Morgan fingerprint density at radius 3 is 1.55 bits per heavy atom. The van der Waals surface area contributed by atoms with Gasteiger partial charge in [-0.15, -0.1) is 0 Å². The molecule has 1 aliphatic heterocycles. The monoisotopic (exact) mass is 461 g/mol. The summed E-state index contributed by atoms with van der Waals surface area (Å²) in [7, 11) is 0. The predicted molar refractivity (Wildman–Crippen MR) is 131 cm³/mol. The van der Waals surface area contributed by atoms with Crippen LogP contribution in [0.1, 0.15) is 128 Å². The van der Waals surface area contributed by atoms with Gasteiger partial charge in [0.25, 0.3) is 0 Å². The van der Waals surface area contributed by atoms with Gasteiger partial charge in [-0.2, -0.15) is 0 Å². The van der Waals surface area contributed by atoms with Crippen LogP contribution in [0.2, 0.25) is 0 Å². The third-order valence-electron chi connectivity index (χ3n) is 8.18. The Morgan fingerprint density at radius 1 is 0.576 bits per heavy atom. The lowest BCUT2D eigenvalue weighted by Gasteiger charge is -2.28. The van der Waals surface area contributed by atoms with Crippen molar-refractivity contribution in [1.82, 2.24) is 4.90 Å². The third-order valence-corrected chi connectivity index (χ3v) is 8.18. The van der Waals surface area contributed by atoms with Crippen molar-refractivity contribution < 1.29 is 19.1 Å². The number of nitrogens with zero attached hydrogens (tertiary/aromatic N) is 1. The quantitative estimate of drug-likeness (QED) is 0.446. The zero-order valence-corrected chi connectivity index (χ0v) is 20.9. The molecule has 0 radical (unpaired) electrons. The molecular formula is C28H47NO4. The molecule has 1 amide bonds. The number of Topliss-reactive ketones (excluding diaryl/α,β-unsaturated/α-hetero) is 1. The fourth-order valence-electron chi connectivity index (χ4n) is 6.05. The summed E-state index contributed by atoms with van der Waals surface area (Å²) in [5, 5.41) is 0. The molecule has 0 spiro atoms. The molecule has 3 aliphatic rings. The lowest BCUT2D eigenvalue weighted by molar-refractivity contribution is -0.157. The van der Waals surface area contributed by atoms with Crippen LogP contribution in [0.25, 0.3) is 0 Å². The first-order valence-electron chi connectivity index (χ1n) is 14.2. The highest BCUT2D eigenvalue weighted by Crippen LogP contribution is 2.28. The van der Waals surface area contributed by atoms with E-state index in [1.54, 1.807) is 4.90 Å². The maximum atomic E-state index is 13.4. The Bertz CT molecular complexity index is 597. The van der Waals surface area contributed by atoms with Crippen LogP contribution in [0.15, 0.2) is 0 Å². The summed E-state index contributed by atoms with van der Waals surface area (Å²) < 4.78 is 5.53. The first-order chi connectivity index (χ1) is 16.2. The van der Waals surface area contributed by atoms with Crippen molar-refractivity contribution in [3.8, 4) is 0 Å². The normalized spacial score (nSPS) is 25.3. The highest BCUT2D eigenvalue weighted by Gasteiger charge is 2.38. The Kier molecular flexibility index (Phi) is 11.7. The van der Waals surface area contributed by atoms with Gasteiger partial charge in [-0.05, 0) is 38.5 Å². The van der Waals surface area contributed by atoms with Gasteiger partial charge in [-0.25, -0.2) is 4.79 Å². The number of rotatable bonds is 5. The molecule has 0 bridgehead atoms. The number of esters is 1. The van der Waals surface area contributed by atoms with Gasteiger partial charge in [0.15, 0.2) is 5.78 Å². The van der Waals surface area contributed by atoms with E-state index < -0.39 is 6.04 Å². The molecule has 0 aromatic carbocycles. The fourth-order valence-corrected chi connectivity index (χ4v) is 6.05. The minimum atomic E-state index is -0.496. The topological polar surface area (TPSA) is 63.7 Å². The third kappa shape index (κ3) is 8.72. The molecule has 188 valence electrons. The van der Waals surface area contributed by atoms with Crippen LogP contribution in [0, 0.1) is 11.8 Å². The van der Waals surface area contributed by atoms with Crippen molar-refractivity contribution in [2.75, 3.05) is 13.2 Å². The fraction of sp³-hybridized carbons (Fsp3) is 0.893. The summed E-state index contributed by atoms with van der Waals surface area (Å²) in [4.78, 5) is 40.9. The molecule has 5 nitrogen and oxygen atoms in total. The number of hydrogen-bond acceptors (Lipinski definition) is 4. The molecule has 2 aliphatic carbocycles. The number of carbonyl (C=O) groups is 3. The van der Waals surface area contributed by atoms with E-state index in [0.717, 1.165) is 57.8 Å². The van der Waals surface area contributed by atoms with Gasteiger partial charge in [0.05, 0.1) is 0 Å². The molecule has 5 heteroatoms. The molecule has 1 saturated heterocycles. The number of ketones is 1. The number of amides is 1. The van der Waals surface area contributed by atoms with Crippen LogP contribution < -0.4 is 0 Å². The minimum Gasteiger partial charge on any atom is -0.456 e. The molecule has 1 atom stereocenters. The highest BCUT2D eigenvalue weighted by molar-refractivity contribution is 5.88. The van der Waals surface area contributed by atoms with Gasteiger partial charge in [0.2, 0.25) is 5.91 Å². The average molecular weight is 462 g/mol. The summed E-state index contributed by atoms with van der Waals surface area (Å²) in [6.45, 7) is 0.525. The van der Waals surface area contributed by atoms with Crippen molar-refractivity contribution in [2.24, 2.45) is 11.8 Å². The number of hydrogen-bond donors (Lipinski definition) is 0. The Balaban J connectivity index is 1.50. The zero-order valence-electron chi connectivity index (χ0n) is 20.9. The first kappa shape index (κ1) is 26.2. The lowest BCUT2D eigenvalue weighted by atomic mass is 9.93. The van der Waals surface area contributed by atoms with E-state index in [0.29, 0.717) is 13.0 Å². The second-order valence-corrected chi connectivity index (χ2v) is 10.8. The van der Waals surface area contributed by atoms with Crippen LogP contribution in [0.4, 0.5) is 0 Å². The van der Waals surface area contributed by atoms with Gasteiger partial charge in [0, 0.05) is 18.4 Å². The number of carbonyl (C=O) groups excluding carboxylic acids is 3. The van der Waals surface area contributed by atoms with E-state index >= 15 is 0 Å². The molecule has 0 N–H and O–H groups in total. The van der Waals surface area contributed by atoms with Crippen molar-refractivity contribution in [2.45, 2.75) is 134 Å². The van der Waals surface area contributed by atoms with Gasteiger partial charge in [-0.1, -0.05) is 89.9 Å². The van der Waals surface area contributed by atoms with E-state index in [2.05, 4.69) is 0 Å². The Hall–Kier alpha value is -1.39. The summed E-state index contributed by atoms with van der Waals surface area (Å²) in [5.74, 6) is -0.0732. The van der Waals surface area contributed by atoms with Crippen molar-refractivity contribution >= 4 is 17.7 Å². The second-order valence-electron chi connectivity index (χ2n) is 10.8. The number of likely N-dealkylation sites (tertiary alicyclic amines) is 1. The number of ether oxygens (including phenoxy) is 1. The molecule has 0 aromatic heterocycles. The first-order valence-corrected chi connectivity index (χ1v) is 14.2. The molecule has 0 aromatic rings. The van der Waals surface area contributed by atoms with Gasteiger partial charge >= 0.3 is 5.97 Å². The van der Waals surface area contributed by atoms with E-state index in [1.807, 2.05) is 0 Å². The molecule has 3 rings (SSSR count). The molecule has 33 heavy (non-hydrogen) atoms. The predicted octanol–water partition coefficient (Wildman–Crippen LogP) is 6.37. The maximum absolute atomic E-state index is 13.4. The van der Waals surface area contributed by atoms with Crippen LogP contribution in [0.5, 0.6) is 0 Å². The van der Waals surface area contributed by atoms with Crippen LogP contribution >= 0.6 is 0 Å². The Morgan fingerprint density at radius 2 is 1.03 bits per heavy atom. The van der Waals surface area contributed by atoms with Gasteiger partial charge in [-0.3, -0.25) is 9.59 Å². The van der Waals surface area contributed by atoms with E-state index in [4.69, 9.17) is 4.74 Å². The lowest BCUT2D eigenvalue weighted by Crippen LogP contribution is -2.44. The van der Waals surface area contributed by atoms with Crippen LogP contribution in [-0.4, -0.2) is 41.8 Å². The van der Waals surface area contributed by atoms with E-state index in [1.165, 1.54) is 64.2 Å². The molecule has 1 heterocycles. The summed E-state index contributed by atoms with van der Waals surface area (Å²) >= 11 is 0. The second kappa shape index (κ2) is 14.8. The summed E-state index contributed by atoms with van der Waals surface area (Å²) in [6, 6.07) is -0.496. The van der Waals surface area contributed by atoms with Gasteiger partial charge in [0.1, 0.15) is 12.6 Å². The summed E-state index contributed by atoms with van der Waals surface area (Å²) in [5.41, 5.74) is 0. The largest absolute Gasteiger partial charge is 0.456 e. The van der Waals surface area contributed by atoms with E-state index in [9.17, 15) is 14.4 Å². The average Bonchev–Trinajstić information content (AvgIpc) is 3.33. The SMILES string of the molecule is O=C(COC(=O)C1CCCN1C(=O)C1CCCCCCCCCC1)C1CCCCCCCC1. The van der Waals surface area contributed by atoms with Crippen LogP contribution in [-0.2, 0) is 19.1 Å². The van der Waals surface area contributed by atoms with Crippen molar-refractivity contribution in [1.29, 1.82) is 0 Å². The molecular weight excluding hydrogens is 414 g/mol. The maximum Gasteiger partial charge on any atom is 0.329 e. The van der Waals surface area contributed by atoms with E-state index in [-0.39, 0.29) is 36.1 Å². The smallest absolute Gasteiger partial charge is 0.329 e.